The van der Waals surface area contributed by atoms with Crippen molar-refractivity contribution in [3.8, 4) is 0 Å². The Morgan fingerprint density at radius 3 is 2.67 bits per heavy atom. The van der Waals surface area contributed by atoms with Crippen LogP contribution in [0.25, 0.3) is 0 Å². The second-order valence-corrected chi connectivity index (χ2v) is 4.54. The van der Waals surface area contributed by atoms with Gasteiger partial charge in [-0.25, -0.2) is 0 Å². The van der Waals surface area contributed by atoms with Gasteiger partial charge in [-0.05, 0) is 25.9 Å². The largest absolute Gasteiger partial charge is 0.481 e. The SMILES string of the molecule is CCCCCCCN1CCC(C(=O)O)C1. The van der Waals surface area contributed by atoms with Gasteiger partial charge in [0.15, 0.2) is 0 Å². The van der Waals surface area contributed by atoms with E-state index in [0.29, 0.717) is 0 Å². The van der Waals surface area contributed by atoms with Crippen molar-refractivity contribution in [1.29, 1.82) is 0 Å². The molecule has 1 N–H and O–H groups in total. The van der Waals surface area contributed by atoms with Crippen molar-refractivity contribution in [3.05, 3.63) is 0 Å². The van der Waals surface area contributed by atoms with E-state index in [1.54, 1.807) is 0 Å². The van der Waals surface area contributed by atoms with Gasteiger partial charge < -0.3 is 10.0 Å². The summed E-state index contributed by atoms with van der Waals surface area (Å²) in [6.45, 7) is 5.05. The maximum absolute atomic E-state index is 10.7. The summed E-state index contributed by atoms with van der Waals surface area (Å²) in [5, 5.41) is 8.85. The van der Waals surface area contributed by atoms with Crippen LogP contribution in [0.5, 0.6) is 0 Å². The van der Waals surface area contributed by atoms with Gasteiger partial charge >= 0.3 is 5.97 Å². The number of carboxylic acids is 1. The highest BCUT2D eigenvalue weighted by atomic mass is 16.4. The van der Waals surface area contributed by atoms with Gasteiger partial charge in [-0.15, -0.1) is 0 Å². The summed E-state index contributed by atoms with van der Waals surface area (Å²) in [4.78, 5) is 13.0. The van der Waals surface area contributed by atoms with E-state index in [1.807, 2.05) is 0 Å². The topological polar surface area (TPSA) is 40.5 Å². The van der Waals surface area contributed by atoms with E-state index in [2.05, 4.69) is 11.8 Å². The molecule has 0 aromatic rings. The number of unbranched alkanes of at least 4 members (excludes halogenated alkanes) is 4. The molecule has 3 nitrogen and oxygen atoms in total. The molecule has 1 fully saturated rings. The van der Waals surface area contributed by atoms with Crippen LogP contribution in [0.4, 0.5) is 0 Å². The summed E-state index contributed by atoms with van der Waals surface area (Å²) in [5.74, 6) is -0.732. The Balaban J connectivity index is 2.01. The van der Waals surface area contributed by atoms with Crippen LogP contribution in [0, 0.1) is 5.92 Å². The third-order valence-electron chi connectivity index (χ3n) is 3.20. The second-order valence-electron chi connectivity index (χ2n) is 4.54. The number of carboxylic acid groups (broad SMARTS) is 1. The molecule has 0 bridgehead atoms. The summed E-state index contributed by atoms with van der Waals surface area (Å²) < 4.78 is 0. The highest BCUT2D eigenvalue weighted by molar-refractivity contribution is 5.70. The first kappa shape index (κ1) is 12.5. The number of aliphatic carboxylic acids is 1. The van der Waals surface area contributed by atoms with E-state index in [9.17, 15) is 4.79 Å². The molecule has 1 aliphatic rings. The van der Waals surface area contributed by atoms with Crippen LogP contribution in [0.15, 0.2) is 0 Å². The Morgan fingerprint density at radius 2 is 2.07 bits per heavy atom. The minimum atomic E-state index is -0.622. The van der Waals surface area contributed by atoms with E-state index in [0.717, 1.165) is 26.1 Å². The number of hydrogen-bond acceptors (Lipinski definition) is 2. The summed E-state index contributed by atoms with van der Waals surface area (Å²) in [7, 11) is 0. The van der Waals surface area contributed by atoms with Crippen molar-refractivity contribution in [1.82, 2.24) is 4.90 Å². The first-order valence-electron chi connectivity index (χ1n) is 6.19. The maximum Gasteiger partial charge on any atom is 0.307 e. The van der Waals surface area contributed by atoms with Crippen LogP contribution in [0.2, 0.25) is 0 Å². The number of likely N-dealkylation sites (tertiary alicyclic amines) is 1. The van der Waals surface area contributed by atoms with Crippen LogP contribution >= 0.6 is 0 Å². The molecule has 1 rings (SSSR count). The molecule has 0 aromatic carbocycles. The number of carbonyl (C=O) groups is 1. The molecular weight excluding hydrogens is 190 g/mol. The van der Waals surface area contributed by atoms with E-state index in [1.165, 1.54) is 32.1 Å². The van der Waals surface area contributed by atoms with E-state index in [4.69, 9.17) is 5.11 Å². The molecule has 0 amide bonds. The van der Waals surface area contributed by atoms with E-state index in [-0.39, 0.29) is 5.92 Å². The Bertz CT molecular complexity index is 194. The molecule has 1 atom stereocenters. The van der Waals surface area contributed by atoms with Crippen molar-refractivity contribution in [3.63, 3.8) is 0 Å². The van der Waals surface area contributed by atoms with Gasteiger partial charge in [0.1, 0.15) is 0 Å². The van der Waals surface area contributed by atoms with Gasteiger partial charge in [0.2, 0.25) is 0 Å². The summed E-state index contributed by atoms with van der Waals surface area (Å²) in [5.41, 5.74) is 0. The summed E-state index contributed by atoms with van der Waals surface area (Å²) >= 11 is 0. The first-order chi connectivity index (χ1) is 7.24. The zero-order valence-corrected chi connectivity index (χ0v) is 9.74. The average Bonchev–Trinajstić information content (AvgIpc) is 2.66. The highest BCUT2D eigenvalue weighted by Crippen LogP contribution is 2.17. The molecule has 1 aliphatic heterocycles. The predicted molar refractivity (Wildman–Crippen MR) is 60.9 cm³/mol. The maximum atomic E-state index is 10.7. The molecule has 3 heteroatoms. The highest BCUT2D eigenvalue weighted by Gasteiger charge is 2.27. The zero-order valence-electron chi connectivity index (χ0n) is 9.74. The molecule has 0 saturated carbocycles. The minimum Gasteiger partial charge on any atom is -0.481 e. The van der Waals surface area contributed by atoms with Crippen molar-refractivity contribution >= 4 is 5.97 Å². The fourth-order valence-corrected chi connectivity index (χ4v) is 2.18. The van der Waals surface area contributed by atoms with Gasteiger partial charge in [0, 0.05) is 6.54 Å². The lowest BCUT2D eigenvalue weighted by molar-refractivity contribution is -0.141. The Morgan fingerprint density at radius 1 is 1.33 bits per heavy atom. The van der Waals surface area contributed by atoms with Gasteiger partial charge in [0.05, 0.1) is 5.92 Å². The quantitative estimate of drug-likeness (QED) is 0.660. The molecule has 88 valence electrons. The molecule has 0 aliphatic carbocycles. The lowest BCUT2D eigenvalue weighted by atomic mass is 10.1. The standard InChI is InChI=1S/C12H23NO2/c1-2-3-4-5-6-8-13-9-7-11(10-13)12(14)15/h11H,2-10H2,1H3,(H,14,15). The van der Waals surface area contributed by atoms with Crippen molar-refractivity contribution in [2.24, 2.45) is 5.92 Å². The third-order valence-corrected chi connectivity index (χ3v) is 3.20. The first-order valence-corrected chi connectivity index (χ1v) is 6.19. The summed E-state index contributed by atoms with van der Waals surface area (Å²) in [6.07, 6.45) is 7.30. The Labute approximate surface area is 92.5 Å². The molecule has 0 spiro atoms. The fourth-order valence-electron chi connectivity index (χ4n) is 2.18. The van der Waals surface area contributed by atoms with Crippen molar-refractivity contribution in [2.45, 2.75) is 45.4 Å². The number of hydrogen-bond donors (Lipinski definition) is 1. The van der Waals surface area contributed by atoms with Crippen LogP contribution in [-0.4, -0.2) is 35.6 Å². The van der Waals surface area contributed by atoms with Crippen LogP contribution in [-0.2, 0) is 4.79 Å². The van der Waals surface area contributed by atoms with Crippen LogP contribution < -0.4 is 0 Å². The smallest absolute Gasteiger partial charge is 0.307 e. The molecule has 1 heterocycles. The monoisotopic (exact) mass is 213 g/mol. The van der Waals surface area contributed by atoms with Crippen LogP contribution in [0.3, 0.4) is 0 Å². The van der Waals surface area contributed by atoms with Gasteiger partial charge in [-0.3, -0.25) is 4.79 Å². The molecule has 1 saturated heterocycles. The Kier molecular flexibility index (Phi) is 5.69. The van der Waals surface area contributed by atoms with Crippen molar-refractivity contribution < 1.29 is 9.90 Å². The third kappa shape index (κ3) is 4.65. The minimum absolute atomic E-state index is 0.111. The lowest BCUT2D eigenvalue weighted by Crippen LogP contribution is -2.24. The fraction of sp³-hybridized carbons (Fsp3) is 0.917. The van der Waals surface area contributed by atoms with Crippen LogP contribution in [0.1, 0.15) is 45.4 Å². The summed E-state index contributed by atoms with van der Waals surface area (Å²) in [6, 6.07) is 0. The predicted octanol–water partition coefficient (Wildman–Crippen LogP) is 2.36. The van der Waals surface area contributed by atoms with Gasteiger partial charge in [0.25, 0.3) is 0 Å². The normalized spacial score (nSPS) is 22.1. The van der Waals surface area contributed by atoms with E-state index < -0.39 is 5.97 Å². The zero-order chi connectivity index (χ0) is 11.1. The number of nitrogens with zero attached hydrogens (tertiary/aromatic N) is 1. The Hall–Kier alpha value is -0.570. The van der Waals surface area contributed by atoms with Gasteiger partial charge in [-0.2, -0.15) is 0 Å². The molecule has 15 heavy (non-hydrogen) atoms. The molecular formula is C12H23NO2. The lowest BCUT2D eigenvalue weighted by Gasteiger charge is -2.14. The second kappa shape index (κ2) is 6.83. The number of rotatable bonds is 7. The molecule has 0 aromatic heterocycles. The van der Waals surface area contributed by atoms with Crippen molar-refractivity contribution in [2.75, 3.05) is 19.6 Å². The average molecular weight is 213 g/mol. The van der Waals surface area contributed by atoms with E-state index >= 15 is 0 Å². The molecule has 1 unspecified atom stereocenters. The van der Waals surface area contributed by atoms with Gasteiger partial charge in [-0.1, -0.05) is 32.6 Å². The molecule has 0 radical (unpaired) electrons.